The van der Waals surface area contributed by atoms with Gasteiger partial charge in [0.2, 0.25) is 0 Å². The second-order valence-corrected chi connectivity index (χ2v) is 5.82. The van der Waals surface area contributed by atoms with E-state index < -0.39 is 11.9 Å². The number of carbonyl (C=O) groups is 2. The molecule has 1 saturated heterocycles. The number of hydrogen-bond donors (Lipinski definition) is 2. The van der Waals surface area contributed by atoms with Crippen molar-refractivity contribution in [2.75, 3.05) is 13.1 Å². The highest BCUT2D eigenvalue weighted by Crippen LogP contribution is 2.37. The predicted octanol–water partition coefficient (Wildman–Crippen LogP) is 1.54. The zero-order valence-electron chi connectivity index (χ0n) is 11.1. The molecule has 5 heteroatoms. The number of likely N-dealkylation sites (tertiary alicyclic amines) is 1. The van der Waals surface area contributed by atoms with Gasteiger partial charge in [-0.1, -0.05) is 13.8 Å². The molecule has 102 valence electrons. The lowest BCUT2D eigenvalue weighted by molar-refractivity contribution is -0.143. The number of nitrogens with one attached hydrogen (secondary N) is 1. The summed E-state index contributed by atoms with van der Waals surface area (Å²) in [5.74, 6) is 0.000938. The number of amides is 2. The normalized spacial score (nSPS) is 31.3. The number of piperidine rings is 1. The number of aliphatic carboxylic acids is 1. The maximum atomic E-state index is 12.0. The van der Waals surface area contributed by atoms with Crippen LogP contribution in [0.15, 0.2) is 0 Å². The van der Waals surface area contributed by atoms with Gasteiger partial charge in [-0.3, -0.25) is 4.79 Å². The first-order valence-electron chi connectivity index (χ1n) is 6.77. The topological polar surface area (TPSA) is 69.6 Å². The maximum Gasteiger partial charge on any atom is 0.317 e. The number of carbonyl (C=O) groups excluding carboxylic acids is 1. The highest BCUT2D eigenvalue weighted by Gasteiger charge is 2.41. The van der Waals surface area contributed by atoms with Crippen molar-refractivity contribution < 1.29 is 14.7 Å². The summed E-state index contributed by atoms with van der Waals surface area (Å²) >= 11 is 0. The van der Waals surface area contributed by atoms with Gasteiger partial charge in [0.25, 0.3) is 0 Å². The van der Waals surface area contributed by atoms with Crippen LogP contribution in [0.5, 0.6) is 0 Å². The molecule has 1 aliphatic heterocycles. The highest BCUT2D eigenvalue weighted by molar-refractivity contribution is 5.77. The number of rotatable bonds is 3. The van der Waals surface area contributed by atoms with Gasteiger partial charge in [0.1, 0.15) is 0 Å². The van der Waals surface area contributed by atoms with Gasteiger partial charge in [-0.05, 0) is 31.1 Å². The molecule has 2 aliphatic rings. The van der Waals surface area contributed by atoms with Crippen LogP contribution in [0.2, 0.25) is 0 Å². The van der Waals surface area contributed by atoms with Gasteiger partial charge in [-0.25, -0.2) is 4.79 Å². The molecule has 0 radical (unpaired) electrons. The first-order valence-corrected chi connectivity index (χ1v) is 6.77. The summed E-state index contributed by atoms with van der Waals surface area (Å²) in [6.45, 7) is 5.35. The Balaban J connectivity index is 1.81. The SMILES string of the molecule is CC(C)[C@@H]1C[C@H]1NC(=O)N1CCCC(C(=O)O)C1. The van der Waals surface area contributed by atoms with Crippen LogP contribution >= 0.6 is 0 Å². The smallest absolute Gasteiger partial charge is 0.317 e. The van der Waals surface area contributed by atoms with Crippen LogP contribution in [0.4, 0.5) is 4.79 Å². The summed E-state index contributed by atoms with van der Waals surface area (Å²) < 4.78 is 0. The maximum absolute atomic E-state index is 12.0. The minimum atomic E-state index is -0.793. The second kappa shape index (κ2) is 5.16. The van der Waals surface area contributed by atoms with E-state index in [2.05, 4.69) is 19.2 Å². The largest absolute Gasteiger partial charge is 0.481 e. The van der Waals surface area contributed by atoms with E-state index in [0.29, 0.717) is 37.4 Å². The Bertz CT molecular complexity index is 343. The Labute approximate surface area is 108 Å². The van der Waals surface area contributed by atoms with Crippen molar-refractivity contribution in [2.45, 2.75) is 39.2 Å². The Morgan fingerprint density at radius 2 is 2.11 bits per heavy atom. The average Bonchev–Trinajstić information content (AvgIpc) is 3.08. The van der Waals surface area contributed by atoms with Crippen LogP contribution in [0.1, 0.15) is 33.1 Å². The fraction of sp³-hybridized carbons (Fsp3) is 0.846. The molecule has 1 saturated carbocycles. The minimum absolute atomic E-state index is 0.0888. The minimum Gasteiger partial charge on any atom is -0.481 e. The average molecular weight is 254 g/mol. The number of carboxylic acids is 1. The third-order valence-electron chi connectivity index (χ3n) is 4.06. The van der Waals surface area contributed by atoms with Gasteiger partial charge in [0, 0.05) is 19.1 Å². The number of hydrogen-bond acceptors (Lipinski definition) is 2. The van der Waals surface area contributed by atoms with Crippen LogP contribution in [-0.2, 0) is 4.79 Å². The van der Waals surface area contributed by atoms with E-state index in [1.54, 1.807) is 4.90 Å². The fourth-order valence-corrected chi connectivity index (χ4v) is 2.73. The Hall–Kier alpha value is -1.26. The molecular formula is C13H22N2O3. The van der Waals surface area contributed by atoms with Crippen molar-refractivity contribution in [1.29, 1.82) is 0 Å². The lowest BCUT2D eigenvalue weighted by atomic mass is 9.99. The lowest BCUT2D eigenvalue weighted by Gasteiger charge is -2.30. The van der Waals surface area contributed by atoms with Gasteiger partial charge >= 0.3 is 12.0 Å². The highest BCUT2D eigenvalue weighted by atomic mass is 16.4. The van der Waals surface area contributed by atoms with Crippen molar-refractivity contribution in [3.05, 3.63) is 0 Å². The van der Waals surface area contributed by atoms with Crippen molar-refractivity contribution in [3.63, 3.8) is 0 Å². The molecule has 0 aromatic rings. The third-order valence-corrected chi connectivity index (χ3v) is 4.06. The van der Waals surface area contributed by atoms with E-state index in [1.807, 2.05) is 0 Å². The number of nitrogens with zero attached hydrogens (tertiary/aromatic N) is 1. The molecule has 18 heavy (non-hydrogen) atoms. The van der Waals surface area contributed by atoms with Crippen LogP contribution in [-0.4, -0.2) is 41.1 Å². The molecular weight excluding hydrogens is 232 g/mol. The molecule has 3 atom stereocenters. The van der Waals surface area contributed by atoms with Crippen molar-refractivity contribution in [1.82, 2.24) is 10.2 Å². The van der Waals surface area contributed by atoms with Crippen LogP contribution in [0.3, 0.4) is 0 Å². The monoisotopic (exact) mass is 254 g/mol. The van der Waals surface area contributed by atoms with Gasteiger partial charge < -0.3 is 15.3 Å². The van der Waals surface area contributed by atoms with Crippen molar-refractivity contribution in [2.24, 2.45) is 17.8 Å². The quantitative estimate of drug-likeness (QED) is 0.802. The Kier molecular flexibility index (Phi) is 3.78. The van der Waals surface area contributed by atoms with E-state index in [9.17, 15) is 9.59 Å². The molecule has 2 N–H and O–H groups in total. The third kappa shape index (κ3) is 2.94. The summed E-state index contributed by atoms with van der Waals surface area (Å²) in [5.41, 5.74) is 0. The molecule has 0 spiro atoms. The molecule has 2 fully saturated rings. The van der Waals surface area contributed by atoms with E-state index in [-0.39, 0.29) is 6.03 Å². The van der Waals surface area contributed by atoms with Crippen LogP contribution in [0.25, 0.3) is 0 Å². The second-order valence-electron chi connectivity index (χ2n) is 5.82. The molecule has 0 aromatic heterocycles. The first kappa shape index (κ1) is 13.2. The Morgan fingerprint density at radius 3 is 2.67 bits per heavy atom. The fourth-order valence-electron chi connectivity index (χ4n) is 2.73. The molecule has 5 nitrogen and oxygen atoms in total. The van der Waals surface area contributed by atoms with E-state index in [0.717, 1.165) is 12.8 Å². The molecule has 1 aliphatic carbocycles. The summed E-state index contributed by atoms with van der Waals surface area (Å²) in [6.07, 6.45) is 2.51. The zero-order valence-corrected chi connectivity index (χ0v) is 11.1. The Morgan fingerprint density at radius 1 is 1.39 bits per heavy atom. The van der Waals surface area contributed by atoms with Crippen molar-refractivity contribution >= 4 is 12.0 Å². The summed E-state index contributed by atoms with van der Waals surface area (Å²) in [4.78, 5) is 24.6. The van der Waals surface area contributed by atoms with Gasteiger partial charge in [0.15, 0.2) is 0 Å². The molecule has 2 rings (SSSR count). The number of urea groups is 1. The summed E-state index contributed by atoms with van der Waals surface area (Å²) in [7, 11) is 0. The van der Waals surface area contributed by atoms with Gasteiger partial charge in [-0.15, -0.1) is 0 Å². The summed E-state index contributed by atoms with van der Waals surface area (Å²) in [5, 5.41) is 12.0. The van der Waals surface area contributed by atoms with Crippen molar-refractivity contribution in [3.8, 4) is 0 Å². The van der Waals surface area contributed by atoms with E-state index >= 15 is 0 Å². The standard InChI is InChI=1S/C13H22N2O3/c1-8(2)10-6-11(10)14-13(18)15-5-3-4-9(7-15)12(16)17/h8-11H,3-7H2,1-2H3,(H,14,18)(H,16,17)/t9?,10-,11+/m0/s1. The van der Waals surface area contributed by atoms with Crippen LogP contribution in [0, 0.1) is 17.8 Å². The summed E-state index contributed by atoms with van der Waals surface area (Å²) in [6, 6.07) is 0.205. The first-order chi connectivity index (χ1) is 8.49. The molecule has 2 amide bonds. The van der Waals surface area contributed by atoms with E-state index in [4.69, 9.17) is 5.11 Å². The molecule has 0 bridgehead atoms. The molecule has 0 aromatic carbocycles. The molecule has 1 unspecified atom stereocenters. The predicted molar refractivity (Wildman–Crippen MR) is 67.2 cm³/mol. The van der Waals surface area contributed by atoms with Gasteiger partial charge in [-0.2, -0.15) is 0 Å². The number of carboxylic acid groups (broad SMARTS) is 1. The van der Waals surface area contributed by atoms with E-state index in [1.165, 1.54) is 0 Å². The molecule has 1 heterocycles. The zero-order chi connectivity index (χ0) is 13.3. The lowest BCUT2D eigenvalue weighted by Crippen LogP contribution is -2.47. The van der Waals surface area contributed by atoms with Gasteiger partial charge in [0.05, 0.1) is 5.92 Å². The van der Waals surface area contributed by atoms with Crippen LogP contribution < -0.4 is 5.32 Å².